The van der Waals surface area contributed by atoms with Crippen molar-refractivity contribution in [2.75, 3.05) is 11.9 Å². The molecule has 0 amide bonds. The molecule has 1 fully saturated rings. The van der Waals surface area contributed by atoms with E-state index >= 15 is 0 Å². The van der Waals surface area contributed by atoms with Crippen molar-refractivity contribution < 1.29 is 4.74 Å². The van der Waals surface area contributed by atoms with E-state index in [9.17, 15) is 0 Å². The van der Waals surface area contributed by atoms with Gasteiger partial charge in [0.1, 0.15) is 12.4 Å². The number of hydrogen-bond acceptors (Lipinski definition) is 2. The summed E-state index contributed by atoms with van der Waals surface area (Å²) in [5.41, 5.74) is 3.79. The fourth-order valence-corrected chi connectivity index (χ4v) is 4.27. The van der Waals surface area contributed by atoms with Crippen LogP contribution in [0.4, 0.5) is 5.69 Å². The van der Waals surface area contributed by atoms with Gasteiger partial charge in [0.2, 0.25) is 0 Å². The molecule has 3 nitrogen and oxygen atoms in total. The second-order valence-corrected chi connectivity index (χ2v) is 8.09. The van der Waals surface area contributed by atoms with E-state index in [0.717, 1.165) is 24.3 Å². The topological polar surface area (TPSA) is 33.3 Å². The molecule has 0 atom stereocenters. The van der Waals surface area contributed by atoms with Gasteiger partial charge < -0.3 is 15.4 Å². The van der Waals surface area contributed by atoms with E-state index in [1.807, 2.05) is 24.3 Å². The summed E-state index contributed by atoms with van der Waals surface area (Å²) in [4.78, 5) is 0. The quantitative estimate of drug-likeness (QED) is 0.438. The minimum atomic E-state index is 0.0981. The van der Waals surface area contributed by atoms with Gasteiger partial charge in [-0.3, -0.25) is 0 Å². The van der Waals surface area contributed by atoms with Crippen LogP contribution < -0.4 is 15.4 Å². The van der Waals surface area contributed by atoms with Crippen molar-refractivity contribution in [1.82, 2.24) is 5.32 Å². The van der Waals surface area contributed by atoms with Crippen LogP contribution in [0, 0.1) is 6.92 Å². The van der Waals surface area contributed by atoms with E-state index in [4.69, 9.17) is 17.0 Å². The zero-order chi connectivity index (χ0) is 19.8. The van der Waals surface area contributed by atoms with Crippen LogP contribution in [0.25, 0.3) is 0 Å². The average molecular weight is 395 g/mol. The summed E-state index contributed by atoms with van der Waals surface area (Å²) in [5.74, 6) is 0.828. The maximum absolute atomic E-state index is 5.63. The summed E-state index contributed by atoms with van der Waals surface area (Å²) < 4.78 is 5.53. The molecular weight excluding hydrogens is 364 g/mol. The van der Waals surface area contributed by atoms with E-state index in [-0.39, 0.29) is 5.54 Å². The molecule has 0 spiro atoms. The van der Waals surface area contributed by atoms with E-state index < -0.39 is 0 Å². The standard InChI is InChI=1S/C24H30N2OS/c1-3-17-27-22-11-9-21(10-12-22)25-23(28)26-24(14-4-5-15-24)16-13-20-8-6-7-19(2)18-20/h3,6-12,18H,1,4-5,13-17H2,2H3,(H2,25,26,28). The van der Waals surface area contributed by atoms with Crippen LogP contribution in [0.3, 0.4) is 0 Å². The molecule has 1 aliphatic rings. The van der Waals surface area contributed by atoms with Crippen LogP contribution in [0.2, 0.25) is 0 Å². The van der Waals surface area contributed by atoms with E-state index in [2.05, 4.69) is 48.4 Å². The molecule has 0 heterocycles. The van der Waals surface area contributed by atoms with Crippen LogP contribution >= 0.6 is 12.2 Å². The molecule has 3 rings (SSSR count). The fourth-order valence-electron chi connectivity index (χ4n) is 3.93. The highest BCUT2D eigenvalue weighted by atomic mass is 32.1. The van der Waals surface area contributed by atoms with E-state index in [0.29, 0.717) is 11.7 Å². The number of hydrogen-bond donors (Lipinski definition) is 2. The lowest BCUT2D eigenvalue weighted by molar-refractivity contribution is 0.362. The normalized spacial score (nSPS) is 15.0. The molecule has 0 aromatic heterocycles. The van der Waals surface area contributed by atoms with Crippen molar-refractivity contribution in [3.05, 3.63) is 72.3 Å². The molecule has 1 saturated carbocycles. The maximum atomic E-state index is 5.63. The summed E-state index contributed by atoms with van der Waals surface area (Å²) in [6.45, 7) is 6.33. The van der Waals surface area contributed by atoms with Gasteiger partial charge in [-0.25, -0.2) is 0 Å². The lowest BCUT2D eigenvalue weighted by Gasteiger charge is -2.32. The Bertz CT molecular complexity index is 795. The van der Waals surface area contributed by atoms with Crippen LogP contribution in [-0.2, 0) is 6.42 Å². The Balaban J connectivity index is 1.57. The molecule has 28 heavy (non-hydrogen) atoms. The molecule has 0 saturated heterocycles. The first kappa shape index (κ1) is 20.4. The molecule has 2 aromatic rings. The van der Waals surface area contributed by atoms with Crippen molar-refractivity contribution in [3.63, 3.8) is 0 Å². The number of thiocarbonyl (C=S) groups is 1. The smallest absolute Gasteiger partial charge is 0.171 e. The van der Waals surface area contributed by atoms with Crippen LogP contribution in [0.15, 0.2) is 61.2 Å². The predicted octanol–water partition coefficient (Wildman–Crippen LogP) is 5.79. The minimum Gasteiger partial charge on any atom is -0.490 e. The van der Waals surface area contributed by atoms with Crippen molar-refractivity contribution >= 4 is 23.0 Å². The lowest BCUT2D eigenvalue weighted by atomic mass is 9.89. The molecule has 0 unspecified atom stereocenters. The fraction of sp³-hybridized carbons (Fsp3) is 0.375. The highest BCUT2D eigenvalue weighted by Gasteiger charge is 2.34. The second kappa shape index (κ2) is 9.74. The van der Waals surface area contributed by atoms with Gasteiger partial charge in [0.15, 0.2) is 5.11 Å². The minimum absolute atomic E-state index is 0.0981. The Morgan fingerprint density at radius 1 is 1.18 bits per heavy atom. The average Bonchev–Trinajstić information content (AvgIpc) is 3.14. The molecule has 0 bridgehead atoms. The summed E-state index contributed by atoms with van der Waals surface area (Å²) in [7, 11) is 0. The number of benzene rings is 2. The van der Waals surface area contributed by atoms with Gasteiger partial charge in [-0.15, -0.1) is 0 Å². The molecule has 148 valence electrons. The van der Waals surface area contributed by atoms with Crippen molar-refractivity contribution in [1.29, 1.82) is 0 Å². The monoisotopic (exact) mass is 394 g/mol. The maximum Gasteiger partial charge on any atom is 0.171 e. The third-order valence-corrected chi connectivity index (χ3v) is 5.60. The van der Waals surface area contributed by atoms with Crippen molar-refractivity contribution in [3.8, 4) is 5.75 Å². The molecule has 2 aromatic carbocycles. The Hall–Kier alpha value is -2.33. The molecule has 0 aliphatic heterocycles. The van der Waals surface area contributed by atoms with E-state index in [1.54, 1.807) is 6.08 Å². The molecule has 1 aliphatic carbocycles. The highest BCUT2D eigenvalue weighted by Crippen LogP contribution is 2.34. The van der Waals surface area contributed by atoms with Crippen molar-refractivity contribution in [2.45, 2.75) is 51.0 Å². The van der Waals surface area contributed by atoms with Gasteiger partial charge >= 0.3 is 0 Å². The Morgan fingerprint density at radius 3 is 2.61 bits per heavy atom. The van der Waals surface area contributed by atoms with Crippen LogP contribution in [0.1, 0.15) is 43.2 Å². The van der Waals surface area contributed by atoms with Gasteiger partial charge in [0.25, 0.3) is 0 Å². The first-order chi connectivity index (χ1) is 13.6. The summed E-state index contributed by atoms with van der Waals surface area (Å²) >= 11 is 5.63. The number of ether oxygens (including phenoxy) is 1. The molecular formula is C24H30N2OS. The lowest BCUT2D eigenvalue weighted by Crippen LogP contribution is -2.48. The molecule has 2 N–H and O–H groups in total. The largest absolute Gasteiger partial charge is 0.490 e. The van der Waals surface area contributed by atoms with Gasteiger partial charge in [0.05, 0.1) is 0 Å². The first-order valence-electron chi connectivity index (χ1n) is 10.1. The zero-order valence-corrected chi connectivity index (χ0v) is 17.5. The Kier molecular flexibility index (Phi) is 7.10. The SMILES string of the molecule is C=CCOc1ccc(NC(=S)NC2(CCc3cccc(C)c3)CCCC2)cc1. The van der Waals surface area contributed by atoms with Gasteiger partial charge in [-0.05, 0) is 74.7 Å². The van der Waals surface area contributed by atoms with Gasteiger partial charge in [0, 0.05) is 11.2 Å². The first-order valence-corrected chi connectivity index (χ1v) is 10.5. The Morgan fingerprint density at radius 2 is 1.93 bits per heavy atom. The summed E-state index contributed by atoms with van der Waals surface area (Å²) in [6.07, 6.45) is 8.80. The predicted molar refractivity (Wildman–Crippen MR) is 122 cm³/mol. The zero-order valence-electron chi connectivity index (χ0n) is 16.7. The van der Waals surface area contributed by atoms with Gasteiger partial charge in [-0.1, -0.05) is 55.3 Å². The molecule has 4 heteroatoms. The van der Waals surface area contributed by atoms with Crippen LogP contribution in [0.5, 0.6) is 5.75 Å². The number of aryl methyl sites for hydroxylation is 2. The van der Waals surface area contributed by atoms with Gasteiger partial charge in [-0.2, -0.15) is 0 Å². The Labute approximate surface area is 174 Å². The number of anilines is 1. The third kappa shape index (κ3) is 5.83. The summed E-state index contributed by atoms with van der Waals surface area (Å²) in [5, 5.41) is 7.68. The van der Waals surface area contributed by atoms with Crippen molar-refractivity contribution in [2.24, 2.45) is 0 Å². The second-order valence-electron chi connectivity index (χ2n) is 7.68. The molecule has 0 radical (unpaired) electrons. The highest BCUT2D eigenvalue weighted by molar-refractivity contribution is 7.80. The summed E-state index contributed by atoms with van der Waals surface area (Å²) in [6, 6.07) is 16.7. The van der Waals surface area contributed by atoms with E-state index in [1.165, 1.54) is 36.8 Å². The number of rotatable bonds is 8. The number of nitrogens with one attached hydrogen (secondary N) is 2. The van der Waals surface area contributed by atoms with Crippen LogP contribution in [-0.4, -0.2) is 17.3 Å². The third-order valence-electron chi connectivity index (χ3n) is 5.39.